The summed E-state index contributed by atoms with van der Waals surface area (Å²) in [6.07, 6.45) is 3.93. The lowest BCUT2D eigenvalue weighted by molar-refractivity contribution is 0.0831. The van der Waals surface area contributed by atoms with Crippen molar-refractivity contribution in [1.82, 2.24) is 15.2 Å². The molecule has 2 heterocycles. The SMILES string of the molecule is O=C(NNC(=O)c1cc(S(=O)(=O)N2CCCCC2)ccc1Cl)c1ccco1. The fourth-order valence-corrected chi connectivity index (χ4v) is 4.49. The molecule has 1 aromatic carbocycles. The number of rotatable bonds is 4. The Hall–Kier alpha value is -2.36. The summed E-state index contributed by atoms with van der Waals surface area (Å²) in [5.41, 5.74) is 4.32. The molecular weight excluding hydrogens is 394 g/mol. The molecule has 2 amide bonds. The van der Waals surface area contributed by atoms with Crippen molar-refractivity contribution in [3.8, 4) is 0 Å². The van der Waals surface area contributed by atoms with E-state index in [4.69, 9.17) is 16.0 Å². The third-order valence-corrected chi connectivity index (χ3v) is 6.39. The number of nitrogens with zero attached hydrogens (tertiary/aromatic N) is 1. The Labute approximate surface area is 161 Å². The Kier molecular flexibility index (Phi) is 5.83. The van der Waals surface area contributed by atoms with Crippen molar-refractivity contribution in [2.75, 3.05) is 13.1 Å². The summed E-state index contributed by atoms with van der Waals surface area (Å²) < 4.78 is 31.8. The van der Waals surface area contributed by atoms with Gasteiger partial charge in [-0.05, 0) is 43.2 Å². The number of benzene rings is 1. The van der Waals surface area contributed by atoms with Crippen LogP contribution in [0.2, 0.25) is 5.02 Å². The summed E-state index contributed by atoms with van der Waals surface area (Å²) in [5, 5.41) is 0.0670. The number of halogens is 1. The third-order valence-electron chi connectivity index (χ3n) is 4.17. The minimum absolute atomic E-state index is 0.0165. The third kappa shape index (κ3) is 4.32. The van der Waals surface area contributed by atoms with E-state index in [9.17, 15) is 18.0 Å². The smallest absolute Gasteiger partial charge is 0.305 e. The quantitative estimate of drug-likeness (QED) is 0.749. The van der Waals surface area contributed by atoms with Crippen LogP contribution >= 0.6 is 11.6 Å². The number of hydrogen-bond acceptors (Lipinski definition) is 5. The largest absolute Gasteiger partial charge is 0.459 e. The Bertz CT molecular complexity index is 937. The van der Waals surface area contributed by atoms with E-state index in [1.54, 1.807) is 0 Å². The highest BCUT2D eigenvalue weighted by molar-refractivity contribution is 7.89. The van der Waals surface area contributed by atoms with Crippen LogP contribution in [-0.4, -0.2) is 37.6 Å². The number of sulfonamides is 1. The average molecular weight is 412 g/mol. The first-order chi connectivity index (χ1) is 12.9. The number of hydrogen-bond donors (Lipinski definition) is 2. The maximum atomic E-state index is 12.8. The van der Waals surface area contributed by atoms with Gasteiger partial charge in [-0.1, -0.05) is 18.0 Å². The van der Waals surface area contributed by atoms with Crippen molar-refractivity contribution in [1.29, 1.82) is 0 Å². The summed E-state index contributed by atoms with van der Waals surface area (Å²) in [6.45, 7) is 0.900. The monoisotopic (exact) mass is 411 g/mol. The molecule has 0 unspecified atom stereocenters. The second-order valence-electron chi connectivity index (χ2n) is 5.99. The van der Waals surface area contributed by atoms with Crippen LogP contribution in [0.15, 0.2) is 45.9 Å². The van der Waals surface area contributed by atoms with Gasteiger partial charge in [0.15, 0.2) is 5.76 Å². The predicted molar refractivity (Wildman–Crippen MR) is 97.7 cm³/mol. The summed E-state index contributed by atoms with van der Waals surface area (Å²) >= 11 is 6.04. The molecule has 10 heteroatoms. The van der Waals surface area contributed by atoms with Crippen LogP contribution < -0.4 is 10.9 Å². The maximum Gasteiger partial charge on any atom is 0.305 e. The summed E-state index contributed by atoms with van der Waals surface area (Å²) in [6, 6.07) is 6.88. The number of furan rings is 1. The van der Waals surface area contributed by atoms with Gasteiger partial charge in [0.1, 0.15) is 0 Å². The van der Waals surface area contributed by atoms with Crippen LogP contribution in [0, 0.1) is 0 Å². The second kappa shape index (κ2) is 8.12. The summed E-state index contributed by atoms with van der Waals surface area (Å²) in [5.74, 6) is -1.38. The zero-order valence-corrected chi connectivity index (χ0v) is 15.8. The van der Waals surface area contributed by atoms with E-state index in [1.165, 1.54) is 40.9 Å². The Balaban J connectivity index is 1.76. The van der Waals surface area contributed by atoms with Crippen molar-refractivity contribution in [3.05, 3.63) is 52.9 Å². The lowest BCUT2D eigenvalue weighted by Gasteiger charge is -2.26. The van der Waals surface area contributed by atoms with Crippen molar-refractivity contribution >= 4 is 33.4 Å². The van der Waals surface area contributed by atoms with Crippen LogP contribution in [0.3, 0.4) is 0 Å². The molecular formula is C17H18ClN3O5S. The van der Waals surface area contributed by atoms with Crippen molar-refractivity contribution in [2.24, 2.45) is 0 Å². The van der Waals surface area contributed by atoms with Crippen LogP contribution in [0.25, 0.3) is 0 Å². The van der Waals surface area contributed by atoms with E-state index in [2.05, 4.69) is 10.9 Å². The molecule has 1 aliphatic rings. The van der Waals surface area contributed by atoms with E-state index in [-0.39, 0.29) is 21.2 Å². The van der Waals surface area contributed by atoms with Gasteiger partial charge < -0.3 is 4.42 Å². The van der Waals surface area contributed by atoms with Crippen molar-refractivity contribution < 1.29 is 22.4 Å². The van der Waals surface area contributed by atoms with Gasteiger partial charge in [0.2, 0.25) is 10.0 Å². The zero-order valence-electron chi connectivity index (χ0n) is 14.3. The molecule has 0 spiro atoms. The van der Waals surface area contributed by atoms with Gasteiger partial charge in [-0.3, -0.25) is 20.4 Å². The van der Waals surface area contributed by atoms with Gasteiger partial charge in [0, 0.05) is 13.1 Å². The highest BCUT2D eigenvalue weighted by Gasteiger charge is 2.27. The molecule has 0 radical (unpaired) electrons. The number of carbonyl (C=O) groups excluding carboxylic acids is 2. The summed E-state index contributed by atoms with van der Waals surface area (Å²) in [4.78, 5) is 24.1. The number of amides is 2. The first kappa shape index (κ1) is 19.4. The molecule has 2 N–H and O–H groups in total. The van der Waals surface area contributed by atoms with Crippen molar-refractivity contribution in [2.45, 2.75) is 24.2 Å². The Morgan fingerprint density at radius 2 is 1.74 bits per heavy atom. The molecule has 1 fully saturated rings. The fourth-order valence-electron chi connectivity index (χ4n) is 2.74. The molecule has 144 valence electrons. The molecule has 1 saturated heterocycles. The minimum Gasteiger partial charge on any atom is -0.459 e. The lowest BCUT2D eigenvalue weighted by atomic mass is 10.2. The van der Waals surface area contributed by atoms with Crippen LogP contribution in [0.5, 0.6) is 0 Å². The average Bonchev–Trinajstić information content (AvgIpc) is 3.21. The lowest BCUT2D eigenvalue weighted by Crippen LogP contribution is -2.41. The zero-order chi connectivity index (χ0) is 19.4. The van der Waals surface area contributed by atoms with E-state index in [1.807, 2.05) is 0 Å². The van der Waals surface area contributed by atoms with Crippen molar-refractivity contribution in [3.63, 3.8) is 0 Å². The second-order valence-corrected chi connectivity index (χ2v) is 8.34. The predicted octanol–water partition coefficient (Wildman–Crippen LogP) is 2.18. The van der Waals surface area contributed by atoms with E-state index in [0.717, 1.165) is 19.3 Å². The molecule has 2 aromatic rings. The molecule has 0 atom stereocenters. The molecule has 1 aromatic heterocycles. The Morgan fingerprint density at radius 3 is 2.41 bits per heavy atom. The van der Waals surface area contributed by atoms with E-state index < -0.39 is 21.8 Å². The molecule has 0 saturated carbocycles. The van der Waals surface area contributed by atoms with Gasteiger partial charge >= 0.3 is 5.91 Å². The number of hydrazine groups is 1. The van der Waals surface area contributed by atoms with Gasteiger partial charge in [0.25, 0.3) is 5.91 Å². The normalized spacial score (nSPS) is 15.3. The topological polar surface area (TPSA) is 109 Å². The molecule has 3 rings (SSSR count). The molecule has 0 aliphatic carbocycles. The first-order valence-corrected chi connectivity index (χ1v) is 10.2. The molecule has 1 aliphatic heterocycles. The molecule has 27 heavy (non-hydrogen) atoms. The molecule has 8 nitrogen and oxygen atoms in total. The fraction of sp³-hybridized carbons (Fsp3) is 0.294. The highest BCUT2D eigenvalue weighted by atomic mass is 35.5. The van der Waals surface area contributed by atoms with Gasteiger partial charge in [-0.25, -0.2) is 8.42 Å². The molecule has 0 bridgehead atoms. The first-order valence-electron chi connectivity index (χ1n) is 8.33. The summed E-state index contributed by atoms with van der Waals surface area (Å²) in [7, 11) is -3.71. The van der Waals surface area contributed by atoms with Gasteiger partial charge in [-0.15, -0.1) is 0 Å². The maximum absolute atomic E-state index is 12.8. The van der Waals surface area contributed by atoms with E-state index >= 15 is 0 Å². The van der Waals surface area contributed by atoms with Crippen LogP contribution in [-0.2, 0) is 10.0 Å². The standard InChI is InChI=1S/C17H18ClN3O5S/c18-14-7-6-12(27(24,25)21-8-2-1-3-9-21)11-13(14)16(22)19-20-17(23)15-5-4-10-26-15/h4-7,10-11H,1-3,8-9H2,(H,19,22)(H,20,23). The highest BCUT2D eigenvalue weighted by Crippen LogP contribution is 2.25. The van der Waals surface area contributed by atoms with E-state index in [0.29, 0.717) is 13.1 Å². The number of nitrogens with one attached hydrogen (secondary N) is 2. The number of carbonyl (C=O) groups is 2. The van der Waals surface area contributed by atoms with Crippen LogP contribution in [0.1, 0.15) is 40.2 Å². The number of piperidine rings is 1. The van der Waals surface area contributed by atoms with Gasteiger partial charge in [-0.2, -0.15) is 4.31 Å². The Morgan fingerprint density at radius 1 is 1.04 bits per heavy atom. The van der Waals surface area contributed by atoms with Crippen LogP contribution in [0.4, 0.5) is 0 Å². The van der Waals surface area contributed by atoms with Gasteiger partial charge in [0.05, 0.1) is 21.7 Å². The minimum atomic E-state index is -3.71.